The number of piperazine rings is 1. The third-order valence-corrected chi connectivity index (χ3v) is 6.44. The van der Waals surface area contributed by atoms with E-state index in [0.717, 1.165) is 63.5 Å². The summed E-state index contributed by atoms with van der Waals surface area (Å²) in [6.45, 7) is 5.91. The fourth-order valence-electron chi connectivity index (χ4n) is 4.70. The number of aryl methyl sites for hydroxylation is 1. The number of fused-ring (bicyclic) bond motifs is 1. The second kappa shape index (κ2) is 9.10. The fourth-order valence-corrected chi connectivity index (χ4v) is 4.70. The first kappa shape index (κ1) is 20.1. The van der Waals surface area contributed by atoms with Gasteiger partial charge in [0.15, 0.2) is 0 Å². The van der Waals surface area contributed by atoms with Gasteiger partial charge >= 0.3 is 0 Å². The van der Waals surface area contributed by atoms with Crippen molar-refractivity contribution >= 4 is 11.5 Å². The maximum Gasteiger partial charge on any atom is 0.133 e. The maximum absolute atomic E-state index is 13.2. The Kier molecular flexibility index (Phi) is 5.89. The number of anilines is 2. The average molecular weight is 420 g/mol. The summed E-state index contributed by atoms with van der Waals surface area (Å²) in [7, 11) is 0. The van der Waals surface area contributed by atoms with E-state index < -0.39 is 0 Å². The van der Waals surface area contributed by atoms with Crippen molar-refractivity contribution in [3.63, 3.8) is 0 Å². The van der Waals surface area contributed by atoms with Crippen LogP contribution in [-0.2, 0) is 12.8 Å². The molecule has 0 spiro atoms. The van der Waals surface area contributed by atoms with Crippen LogP contribution < -0.4 is 10.2 Å². The minimum Gasteiger partial charge on any atom is -0.369 e. The summed E-state index contributed by atoms with van der Waals surface area (Å²) in [4.78, 5) is 4.84. The highest BCUT2D eigenvalue weighted by Crippen LogP contribution is 2.30. The van der Waals surface area contributed by atoms with Crippen molar-refractivity contribution in [2.45, 2.75) is 25.7 Å². The highest BCUT2D eigenvalue weighted by Gasteiger charge is 2.22. The van der Waals surface area contributed by atoms with Crippen molar-refractivity contribution in [2.75, 3.05) is 49.5 Å². The molecule has 0 amide bonds. The molecule has 0 unspecified atom stereocenters. The van der Waals surface area contributed by atoms with Gasteiger partial charge in [0, 0.05) is 50.5 Å². The van der Waals surface area contributed by atoms with E-state index in [2.05, 4.69) is 44.1 Å². The predicted octanol–water partition coefficient (Wildman–Crippen LogP) is 4.12. The lowest BCUT2D eigenvalue weighted by Gasteiger charge is -2.36. The molecule has 1 N–H and O–H groups in total. The molecule has 6 heteroatoms. The third kappa shape index (κ3) is 4.44. The molecule has 0 atom stereocenters. The third-order valence-electron chi connectivity index (χ3n) is 6.44. The van der Waals surface area contributed by atoms with Gasteiger partial charge in [-0.3, -0.25) is 4.90 Å². The molecule has 1 saturated heterocycles. The van der Waals surface area contributed by atoms with E-state index in [-0.39, 0.29) is 5.82 Å². The zero-order valence-corrected chi connectivity index (χ0v) is 17.9. The van der Waals surface area contributed by atoms with Gasteiger partial charge in [-0.15, -0.1) is 0 Å². The van der Waals surface area contributed by atoms with Crippen molar-refractivity contribution in [1.29, 1.82) is 0 Å². The van der Waals surface area contributed by atoms with Gasteiger partial charge < -0.3 is 10.2 Å². The van der Waals surface area contributed by atoms with Crippen LogP contribution in [0.3, 0.4) is 0 Å². The summed E-state index contributed by atoms with van der Waals surface area (Å²) < 4.78 is 15.3. The second-order valence-corrected chi connectivity index (χ2v) is 8.46. The number of aromatic nitrogens is 2. The molecule has 1 aliphatic heterocycles. The normalized spacial score (nSPS) is 16.9. The van der Waals surface area contributed by atoms with Gasteiger partial charge in [-0.05, 0) is 62.1 Å². The number of benzene rings is 2. The van der Waals surface area contributed by atoms with Crippen molar-refractivity contribution in [3.8, 4) is 5.69 Å². The standard InChI is InChI=1S/C25H30FN5/c26-20-10-12-21(13-11-20)30-18-16-29(17-19-30)15-14-27-25-23-8-4-5-9-24(23)28-31(25)22-6-2-1-3-7-22/h1-3,6-7,10-13,27H,4-5,8-9,14-19H2. The summed E-state index contributed by atoms with van der Waals surface area (Å²) >= 11 is 0. The summed E-state index contributed by atoms with van der Waals surface area (Å²) in [5.41, 5.74) is 4.88. The molecule has 5 nitrogen and oxygen atoms in total. The summed E-state index contributed by atoms with van der Waals surface area (Å²) in [5, 5.41) is 8.66. The SMILES string of the molecule is Fc1ccc(N2CCN(CCNc3c4c(nn3-c3ccccc3)CCCC4)CC2)cc1. The van der Waals surface area contributed by atoms with Crippen LogP contribution >= 0.6 is 0 Å². The largest absolute Gasteiger partial charge is 0.369 e. The summed E-state index contributed by atoms with van der Waals surface area (Å²) in [5.74, 6) is 0.997. The van der Waals surface area contributed by atoms with Crippen LogP contribution in [0.2, 0.25) is 0 Å². The molecule has 1 aromatic heterocycles. The van der Waals surface area contributed by atoms with E-state index in [1.165, 1.54) is 29.9 Å². The van der Waals surface area contributed by atoms with Gasteiger partial charge in [0.2, 0.25) is 0 Å². The van der Waals surface area contributed by atoms with Crippen LogP contribution in [0.15, 0.2) is 54.6 Å². The Balaban J connectivity index is 1.20. The fraction of sp³-hybridized carbons (Fsp3) is 0.400. The van der Waals surface area contributed by atoms with E-state index in [0.29, 0.717) is 0 Å². The Morgan fingerprint density at radius 1 is 0.839 bits per heavy atom. The number of hydrogen-bond donors (Lipinski definition) is 1. The van der Waals surface area contributed by atoms with Gasteiger partial charge in [0.25, 0.3) is 0 Å². The maximum atomic E-state index is 13.2. The van der Waals surface area contributed by atoms with Crippen molar-refractivity contribution < 1.29 is 4.39 Å². The zero-order valence-electron chi connectivity index (χ0n) is 17.9. The first-order valence-electron chi connectivity index (χ1n) is 11.4. The molecule has 2 heterocycles. The minimum atomic E-state index is -0.176. The Bertz CT molecular complexity index is 991. The molecule has 1 aliphatic carbocycles. The Hall–Kier alpha value is -2.86. The van der Waals surface area contributed by atoms with Crippen molar-refractivity contribution in [2.24, 2.45) is 0 Å². The van der Waals surface area contributed by atoms with E-state index in [9.17, 15) is 4.39 Å². The van der Waals surface area contributed by atoms with Crippen LogP contribution in [-0.4, -0.2) is 53.9 Å². The van der Waals surface area contributed by atoms with E-state index in [4.69, 9.17) is 5.10 Å². The number of rotatable bonds is 6. The molecule has 0 bridgehead atoms. The first-order valence-corrected chi connectivity index (χ1v) is 11.4. The highest BCUT2D eigenvalue weighted by atomic mass is 19.1. The van der Waals surface area contributed by atoms with Gasteiger partial charge in [-0.1, -0.05) is 18.2 Å². The van der Waals surface area contributed by atoms with Gasteiger partial charge in [0.05, 0.1) is 11.4 Å². The highest BCUT2D eigenvalue weighted by molar-refractivity contribution is 5.54. The Labute approximate surface area is 183 Å². The van der Waals surface area contributed by atoms with Gasteiger partial charge in [0.1, 0.15) is 11.6 Å². The molecule has 0 radical (unpaired) electrons. The Morgan fingerprint density at radius 3 is 2.35 bits per heavy atom. The van der Waals surface area contributed by atoms with Crippen molar-refractivity contribution in [3.05, 3.63) is 71.7 Å². The number of nitrogens with zero attached hydrogens (tertiary/aromatic N) is 4. The van der Waals surface area contributed by atoms with Crippen LogP contribution in [0, 0.1) is 5.82 Å². The quantitative estimate of drug-likeness (QED) is 0.652. The number of para-hydroxylation sites is 1. The molecule has 162 valence electrons. The molecule has 2 aromatic carbocycles. The molecule has 1 fully saturated rings. The topological polar surface area (TPSA) is 36.3 Å². The summed E-state index contributed by atoms with van der Waals surface area (Å²) in [6.07, 6.45) is 4.67. The van der Waals surface area contributed by atoms with E-state index in [1.54, 1.807) is 12.1 Å². The lowest BCUT2D eigenvalue weighted by molar-refractivity contribution is 0.267. The molecule has 2 aliphatic rings. The number of halogens is 1. The van der Waals surface area contributed by atoms with Gasteiger partial charge in [-0.25, -0.2) is 9.07 Å². The average Bonchev–Trinajstić information content (AvgIpc) is 3.19. The van der Waals surface area contributed by atoms with Crippen LogP contribution in [0.4, 0.5) is 15.9 Å². The van der Waals surface area contributed by atoms with E-state index in [1.807, 2.05) is 18.2 Å². The molecular formula is C25H30FN5. The predicted molar refractivity (Wildman–Crippen MR) is 124 cm³/mol. The zero-order chi connectivity index (χ0) is 21.0. The molecular weight excluding hydrogens is 389 g/mol. The number of nitrogens with one attached hydrogen (secondary N) is 1. The lowest BCUT2D eigenvalue weighted by Crippen LogP contribution is -2.47. The van der Waals surface area contributed by atoms with Crippen LogP contribution in [0.5, 0.6) is 0 Å². The van der Waals surface area contributed by atoms with Crippen LogP contribution in [0.25, 0.3) is 5.69 Å². The van der Waals surface area contributed by atoms with E-state index >= 15 is 0 Å². The monoisotopic (exact) mass is 419 g/mol. The molecule has 5 rings (SSSR count). The minimum absolute atomic E-state index is 0.176. The lowest BCUT2D eigenvalue weighted by atomic mass is 9.97. The first-order chi connectivity index (χ1) is 15.3. The van der Waals surface area contributed by atoms with Crippen LogP contribution in [0.1, 0.15) is 24.1 Å². The molecule has 31 heavy (non-hydrogen) atoms. The smallest absolute Gasteiger partial charge is 0.133 e. The Morgan fingerprint density at radius 2 is 1.58 bits per heavy atom. The van der Waals surface area contributed by atoms with Crippen molar-refractivity contribution in [1.82, 2.24) is 14.7 Å². The van der Waals surface area contributed by atoms with Gasteiger partial charge in [-0.2, -0.15) is 5.10 Å². The molecule has 3 aromatic rings. The molecule has 0 saturated carbocycles. The number of hydrogen-bond acceptors (Lipinski definition) is 4. The second-order valence-electron chi connectivity index (χ2n) is 8.46. The summed E-state index contributed by atoms with van der Waals surface area (Å²) in [6, 6.07) is 17.3.